The van der Waals surface area contributed by atoms with Gasteiger partial charge in [-0.2, -0.15) is 5.26 Å². The van der Waals surface area contributed by atoms with Crippen molar-refractivity contribution in [3.8, 4) is 6.07 Å². The van der Waals surface area contributed by atoms with E-state index in [1.165, 1.54) is 12.1 Å². The summed E-state index contributed by atoms with van der Waals surface area (Å²) in [6.07, 6.45) is 0.590. The fourth-order valence-electron chi connectivity index (χ4n) is 2.00. The minimum Gasteiger partial charge on any atom is -0.369 e. The van der Waals surface area contributed by atoms with E-state index in [0.29, 0.717) is 12.1 Å². The third-order valence-electron chi connectivity index (χ3n) is 2.82. The van der Waals surface area contributed by atoms with Crippen molar-refractivity contribution in [1.29, 1.82) is 5.26 Å². The van der Waals surface area contributed by atoms with Crippen molar-refractivity contribution >= 4 is 5.69 Å². The maximum Gasteiger partial charge on any atom is 0.125 e. The fourth-order valence-corrected chi connectivity index (χ4v) is 2.00. The van der Waals surface area contributed by atoms with E-state index < -0.39 is 0 Å². The van der Waals surface area contributed by atoms with E-state index >= 15 is 0 Å². The molecule has 0 aliphatic heterocycles. The summed E-state index contributed by atoms with van der Waals surface area (Å²) in [5.41, 5.74) is 2.55. The third kappa shape index (κ3) is 3.82. The lowest BCUT2D eigenvalue weighted by molar-refractivity contribution is 0.627. The van der Waals surface area contributed by atoms with Crippen LogP contribution in [0, 0.1) is 24.1 Å². The first-order valence-electron chi connectivity index (χ1n) is 6.14. The lowest BCUT2D eigenvalue weighted by Crippen LogP contribution is -2.20. The quantitative estimate of drug-likeness (QED) is 0.903. The highest BCUT2D eigenvalue weighted by Gasteiger charge is 2.09. The van der Waals surface area contributed by atoms with E-state index in [0.717, 1.165) is 11.1 Å². The van der Waals surface area contributed by atoms with Crippen LogP contribution >= 0.6 is 0 Å². The number of benzene rings is 2. The van der Waals surface area contributed by atoms with Gasteiger partial charge in [0.1, 0.15) is 11.9 Å². The Morgan fingerprint density at radius 2 is 1.95 bits per heavy atom. The van der Waals surface area contributed by atoms with Crippen LogP contribution in [0.2, 0.25) is 0 Å². The predicted octanol–water partition coefficient (Wildman–Crippen LogP) is 3.68. The van der Waals surface area contributed by atoms with Crippen molar-refractivity contribution in [3.05, 3.63) is 65.5 Å². The van der Waals surface area contributed by atoms with E-state index in [4.69, 9.17) is 0 Å². The predicted molar refractivity (Wildman–Crippen MR) is 74.3 cm³/mol. The van der Waals surface area contributed by atoms with Crippen molar-refractivity contribution in [2.45, 2.75) is 19.4 Å². The van der Waals surface area contributed by atoms with Gasteiger partial charge < -0.3 is 5.32 Å². The molecule has 2 nitrogen and oxygen atoms in total. The maximum atomic E-state index is 13.3. The average molecular weight is 254 g/mol. The van der Waals surface area contributed by atoms with Gasteiger partial charge in [-0.1, -0.05) is 30.3 Å². The zero-order valence-corrected chi connectivity index (χ0v) is 10.7. The highest BCUT2D eigenvalue weighted by molar-refractivity contribution is 5.48. The zero-order chi connectivity index (χ0) is 13.7. The molecule has 0 amide bonds. The molecule has 0 aliphatic carbocycles. The van der Waals surface area contributed by atoms with E-state index in [1.54, 1.807) is 0 Å². The van der Waals surface area contributed by atoms with Gasteiger partial charge in [-0.05, 0) is 36.2 Å². The van der Waals surface area contributed by atoms with Crippen LogP contribution in [0.1, 0.15) is 11.1 Å². The second kappa shape index (κ2) is 6.01. The van der Waals surface area contributed by atoms with Crippen molar-refractivity contribution < 1.29 is 4.39 Å². The number of hydrogen-bond donors (Lipinski definition) is 1. The number of nitrogens with one attached hydrogen (secondary N) is 1. The van der Waals surface area contributed by atoms with Crippen molar-refractivity contribution in [2.75, 3.05) is 5.32 Å². The third-order valence-corrected chi connectivity index (χ3v) is 2.82. The second-order valence-corrected chi connectivity index (χ2v) is 4.53. The Kier molecular flexibility index (Phi) is 4.15. The van der Waals surface area contributed by atoms with Gasteiger partial charge in [0, 0.05) is 12.1 Å². The van der Waals surface area contributed by atoms with Crippen LogP contribution < -0.4 is 5.32 Å². The summed E-state index contributed by atoms with van der Waals surface area (Å²) in [5, 5.41) is 12.2. The SMILES string of the molecule is Cc1cc(F)cc(NC(C#N)Cc2ccccc2)c1. The monoisotopic (exact) mass is 254 g/mol. The number of anilines is 1. The summed E-state index contributed by atoms with van der Waals surface area (Å²) in [7, 11) is 0. The Hall–Kier alpha value is -2.34. The minimum atomic E-state index is -0.372. The lowest BCUT2D eigenvalue weighted by Gasteiger charge is -2.13. The molecular weight excluding hydrogens is 239 g/mol. The minimum absolute atomic E-state index is 0.293. The zero-order valence-electron chi connectivity index (χ0n) is 10.7. The Balaban J connectivity index is 2.09. The number of aryl methyl sites for hydroxylation is 1. The molecule has 2 aromatic rings. The largest absolute Gasteiger partial charge is 0.369 e. The molecule has 3 heteroatoms. The standard InChI is InChI=1S/C16H15FN2/c1-12-7-14(17)10-15(8-12)19-16(11-18)9-13-5-3-2-4-6-13/h2-8,10,16,19H,9H2,1H3. The topological polar surface area (TPSA) is 35.8 Å². The maximum absolute atomic E-state index is 13.3. The molecule has 0 aromatic heterocycles. The first kappa shape index (κ1) is 13.1. The average Bonchev–Trinajstić information content (AvgIpc) is 2.38. The number of nitriles is 1. The van der Waals surface area contributed by atoms with Gasteiger partial charge in [-0.15, -0.1) is 0 Å². The van der Waals surface area contributed by atoms with E-state index in [-0.39, 0.29) is 11.9 Å². The van der Waals surface area contributed by atoms with Gasteiger partial charge in [0.25, 0.3) is 0 Å². The molecule has 19 heavy (non-hydrogen) atoms. The lowest BCUT2D eigenvalue weighted by atomic mass is 10.1. The van der Waals surface area contributed by atoms with Gasteiger partial charge in [0.2, 0.25) is 0 Å². The fraction of sp³-hybridized carbons (Fsp3) is 0.188. The van der Waals surface area contributed by atoms with Gasteiger partial charge in [0.15, 0.2) is 0 Å². The van der Waals surface area contributed by atoms with Crippen LogP contribution in [0.5, 0.6) is 0 Å². The van der Waals surface area contributed by atoms with Gasteiger partial charge in [-0.25, -0.2) is 4.39 Å². The molecule has 2 rings (SSSR count). The smallest absolute Gasteiger partial charge is 0.125 e. The summed E-state index contributed by atoms with van der Waals surface area (Å²) in [5.74, 6) is -0.293. The highest BCUT2D eigenvalue weighted by Crippen LogP contribution is 2.15. The highest BCUT2D eigenvalue weighted by atomic mass is 19.1. The summed E-state index contributed by atoms with van der Waals surface area (Å²) in [4.78, 5) is 0. The molecule has 2 aromatic carbocycles. The molecule has 0 radical (unpaired) electrons. The van der Waals surface area contributed by atoms with E-state index in [2.05, 4.69) is 11.4 Å². The van der Waals surface area contributed by atoms with Crippen LogP contribution in [0.3, 0.4) is 0 Å². The molecule has 0 aliphatic rings. The van der Waals surface area contributed by atoms with Gasteiger partial charge in [0.05, 0.1) is 6.07 Å². The van der Waals surface area contributed by atoms with Crippen molar-refractivity contribution in [2.24, 2.45) is 0 Å². The molecule has 0 spiro atoms. The first-order chi connectivity index (χ1) is 9.17. The molecule has 1 atom stereocenters. The second-order valence-electron chi connectivity index (χ2n) is 4.53. The van der Waals surface area contributed by atoms with Gasteiger partial charge in [-0.3, -0.25) is 0 Å². The molecule has 0 saturated carbocycles. The summed E-state index contributed by atoms with van der Waals surface area (Å²) in [6, 6.07) is 16.3. The summed E-state index contributed by atoms with van der Waals surface area (Å²) in [6.45, 7) is 1.83. The molecule has 0 fully saturated rings. The van der Waals surface area contributed by atoms with Crippen LogP contribution in [0.15, 0.2) is 48.5 Å². The Morgan fingerprint density at radius 1 is 1.21 bits per heavy atom. The van der Waals surface area contributed by atoms with E-state index in [1.807, 2.05) is 43.3 Å². The normalized spacial score (nSPS) is 11.6. The molecule has 96 valence electrons. The summed E-state index contributed by atoms with van der Waals surface area (Å²) >= 11 is 0. The number of hydrogen-bond acceptors (Lipinski definition) is 2. The number of nitrogens with zero attached hydrogens (tertiary/aromatic N) is 1. The van der Waals surface area contributed by atoms with Gasteiger partial charge >= 0.3 is 0 Å². The summed E-state index contributed by atoms with van der Waals surface area (Å²) < 4.78 is 13.3. The molecule has 0 bridgehead atoms. The van der Waals surface area contributed by atoms with Crippen LogP contribution in [-0.4, -0.2) is 6.04 Å². The van der Waals surface area contributed by atoms with Crippen LogP contribution in [-0.2, 0) is 6.42 Å². The Labute approximate surface area is 112 Å². The first-order valence-corrected chi connectivity index (χ1v) is 6.14. The number of halogens is 1. The van der Waals surface area contributed by atoms with Crippen molar-refractivity contribution in [1.82, 2.24) is 0 Å². The molecule has 0 heterocycles. The molecule has 0 saturated heterocycles. The Bertz CT molecular complexity index is 567. The molecule has 1 unspecified atom stereocenters. The van der Waals surface area contributed by atoms with E-state index in [9.17, 15) is 9.65 Å². The van der Waals surface area contributed by atoms with Crippen LogP contribution in [0.25, 0.3) is 0 Å². The Morgan fingerprint density at radius 3 is 2.58 bits per heavy atom. The molecule has 1 N–H and O–H groups in total. The molecular formula is C16H15FN2. The number of rotatable bonds is 4. The van der Waals surface area contributed by atoms with Crippen LogP contribution in [0.4, 0.5) is 10.1 Å². The van der Waals surface area contributed by atoms with Crippen molar-refractivity contribution in [3.63, 3.8) is 0 Å².